The van der Waals surface area contributed by atoms with Gasteiger partial charge in [-0.2, -0.15) is 0 Å². The minimum atomic E-state index is -0.288. The van der Waals surface area contributed by atoms with Crippen LogP contribution in [0.15, 0.2) is 42.5 Å². The number of benzene rings is 2. The Kier molecular flexibility index (Phi) is 2.34. The Hall–Kier alpha value is -1.87. The fourth-order valence-corrected chi connectivity index (χ4v) is 3.12. The molecule has 1 heterocycles. The molecule has 0 unspecified atom stereocenters. The number of hydrogen-bond acceptors (Lipinski definition) is 3. The summed E-state index contributed by atoms with van der Waals surface area (Å²) in [6, 6.07) is 13.9. The summed E-state index contributed by atoms with van der Waals surface area (Å²) in [6.07, 6.45) is 0. The van der Waals surface area contributed by atoms with Crippen LogP contribution in [0.1, 0.15) is 10.4 Å². The van der Waals surface area contributed by atoms with Gasteiger partial charge < -0.3 is 4.74 Å². The summed E-state index contributed by atoms with van der Waals surface area (Å²) in [6.45, 7) is 0. The van der Waals surface area contributed by atoms with Crippen LogP contribution in [0, 0.1) is 0 Å². The molecule has 0 saturated heterocycles. The maximum Gasteiger partial charge on any atom is 0.337 e. The van der Waals surface area contributed by atoms with Crippen molar-refractivity contribution >= 4 is 37.5 Å². The first kappa shape index (κ1) is 10.3. The van der Waals surface area contributed by atoms with Crippen molar-refractivity contribution in [1.82, 2.24) is 0 Å². The second-order valence-corrected chi connectivity index (χ2v) is 4.88. The molecular weight excluding hydrogens is 232 g/mol. The van der Waals surface area contributed by atoms with E-state index in [-0.39, 0.29) is 5.97 Å². The van der Waals surface area contributed by atoms with Gasteiger partial charge in [-0.05, 0) is 18.2 Å². The minimum Gasteiger partial charge on any atom is -0.465 e. The Bertz CT molecular complexity index is 712. The summed E-state index contributed by atoms with van der Waals surface area (Å²) < 4.78 is 7.08. The topological polar surface area (TPSA) is 26.3 Å². The largest absolute Gasteiger partial charge is 0.465 e. The highest BCUT2D eigenvalue weighted by Crippen LogP contribution is 2.34. The van der Waals surface area contributed by atoms with Crippen LogP contribution in [-0.4, -0.2) is 13.1 Å². The molecule has 17 heavy (non-hydrogen) atoms. The molecule has 0 aliphatic rings. The number of rotatable bonds is 1. The molecule has 0 N–H and O–H groups in total. The Balaban J connectivity index is 2.30. The van der Waals surface area contributed by atoms with Crippen LogP contribution in [-0.2, 0) is 4.74 Å². The van der Waals surface area contributed by atoms with E-state index in [0.29, 0.717) is 5.56 Å². The highest BCUT2D eigenvalue weighted by molar-refractivity contribution is 7.25. The minimum absolute atomic E-state index is 0.288. The zero-order valence-electron chi connectivity index (χ0n) is 9.27. The maximum atomic E-state index is 11.5. The van der Waals surface area contributed by atoms with Crippen LogP contribution in [0.4, 0.5) is 0 Å². The monoisotopic (exact) mass is 242 g/mol. The predicted molar refractivity (Wildman–Crippen MR) is 70.7 cm³/mol. The summed E-state index contributed by atoms with van der Waals surface area (Å²) in [5.41, 5.74) is 0.603. The number of hydrogen-bond donors (Lipinski definition) is 0. The molecule has 0 amide bonds. The van der Waals surface area contributed by atoms with Crippen molar-refractivity contribution in [2.45, 2.75) is 0 Å². The lowest BCUT2D eigenvalue weighted by molar-refractivity contribution is 0.0601. The van der Waals surface area contributed by atoms with E-state index < -0.39 is 0 Å². The van der Waals surface area contributed by atoms with Crippen molar-refractivity contribution in [2.24, 2.45) is 0 Å². The van der Waals surface area contributed by atoms with Gasteiger partial charge in [-0.25, -0.2) is 4.79 Å². The molecule has 0 fully saturated rings. The van der Waals surface area contributed by atoms with Gasteiger partial charge in [-0.15, -0.1) is 11.3 Å². The van der Waals surface area contributed by atoms with Crippen LogP contribution in [0.5, 0.6) is 0 Å². The summed E-state index contributed by atoms with van der Waals surface area (Å²) >= 11 is 1.70. The highest BCUT2D eigenvalue weighted by Gasteiger charge is 2.09. The van der Waals surface area contributed by atoms with Gasteiger partial charge in [0.1, 0.15) is 0 Å². The van der Waals surface area contributed by atoms with Crippen molar-refractivity contribution in [3.05, 3.63) is 48.0 Å². The Morgan fingerprint density at radius 3 is 2.65 bits per heavy atom. The van der Waals surface area contributed by atoms with E-state index in [2.05, 4.69) is 12.1 Å². The number of carbonyl (C=O) groups excluding carboxylic acids is 1. The van der Waals surface area contributed by atoms with Crippen LogP contribution in [0.25, 0.3) is 20.2 Å². The van der Waals surface area contributed by atoms with Crippen molar-refractivity contribution in [1.29, 1.82) is 0 Å². The van der Waals surface area contributed by atoms with E-state index in [1.165, 1.54) is 22.6 Å². The first-order chi connectivity index (χ1) is 8.29. The third kappa shape index (κ3) is 1.59. The number of esters is 1. The zero-order chi connectivity index (χ0) is 11.8. The molecule has 2 nitrogen and oxygen atoms in total. The molecule has 3 heteroatoms. The fraction of sp³-hybridized carbons (Fsp3) is 0.0714. The van der Waals surface area contributed by atoms with Crippen LogP contribution in [0.2, 0.25) is 0 Å². The van der Waals surface area contributed by atoms with E-state index in [0.717, 1.165) is 4.70 Å². The van der Waals surface area contributed by atoms with Gasteiger partial charge in [0.15, 0.2) is 0 Å². The van der Waals surface area contributed by atoms with E-state index in [1.54, 1.807) is 11.3 Å². The normalized spacial score (nSPS) is 10.9. The third-order valence-corrected chi connectivity index (χ3v) is 3.93. The SMILES string of the molecule is COC(=O)c1ccc2c(c1)sc1ccccc12. The molecule has 3 rings (SSSR count). The van der Waals surface area contributed by atoms with Gasteiger partial charge in [0, 0.05) is 20.2 Å². The summed E-state index contributed by atoms with van der Waals surface area (Å²) in [5.74, 6) is -0.288. The lowest BCUT2D eigenvalue weighted by Crippen LogP contribution is -1.99. The Morgan fingerprint density at radius 1 is 1.06 bits per heavy atom. The first-order valence-corrected chi connectivity index (χ1v) is 6.11. The average Bonchev–Trinajstić information content (AvgIpc) is 2.75. The maximum absolute atomic E-state index is 11.5. The third-order valence-electron chi connectivity index (χ3n) is 2.80. The number of fused-ring (bicyclic) bond motifs is 3. The average molecular weight is 242 g/mol. The molecule has 0 bridgehead atoms. The summed E-state index contributed by atoms with van der Waals surface area (Å²) in [7, 11) is 1.40. The van der Waals surface area contributed by atoms with E-state index >= 15 is 0 Å². The summed E-state index contributed by atoms with van der Waals surface area (Å²) in [5, 5.41) is 2.43. The second-order valence-electron chi connectivity index (χ2n) is 3.80. The van der Waals surface area contributed by atoms with Gasteiger partial charge in [-0.1, -0.05) is 24.3 Å². The smallest absolute Gasteiger partial charge is 0.337 e. The van der Waals surface area contributed by atoms with E-state index in [1.807, 2.05) is 30.3 Å². The quantitative estimate of drug-likeness (QED) is 0.606. The fourth-order valence-electron chi connectivity index (χ4n) is 1.97. The van der Waals surface area contributed by atoms with Gasteiger partial charge in [0.05, 0.1) is 12.7 Å². The number of thiophene rings is 1. The van der Waals surface area contributed by atoms with Crippen molar-refractivity contribution < 1.29 is 9.53 Å². The number of methoxy groups -OCH3 is 1. The summed E-state index contributed by atoms with van der Waals surface area (Å²) in [4.78, 5) is 11.5. The molecule has 84 valence electrons. The molecule has 0 radical (unpaired) electrons. The lowest BCUT2D eigenvalue weighted by atomic mass is 10.1. The van der Waals surface area contributed by atoms with Crippen molar-refractivity contribution in [2.75, 3.05) is 7.11 Å². The van der Waals surface area contributed by atoms with Crippen LogP contribution < -0.4 is 0 Å². The van der Waals surface area contributed by atoms with Crippen LogP contribution in [0.3, 0.4) is 0 Å². The Morgan fingerprint density at radius 2 is 1.82 bits per heavy atom. The first-order valence-electron chi connectivity index (χ1n) is 5.29. The lowest BCUT2D eigenvalue weighted by Gasteiger charge is -1.98. The molecule has 1 aromatic heterocycles. The van der Waals surface area contributed by atoms with Gasteiger partial charge >= 0.3 is 5.97 Å². The second kappa shape index (κ2) is 3.86. The molecule has 3 aromatic rings. The number of carbonyl (C=O) groups is 1. The molecule has 0 atom stereocenters. The molecule has 0 aliphatic carbocycles. The van der Waals surface area contributed by atoms with Gasteiger partial charge in [0.2, 0.25) is 0 Å². The van der Waals surface area contributed by atoms with Crippen LogP contribution >= 0.6 is 11.3 Å². The molecule has 0 saturated carbocycles. The Labute approximate surface area is 102 Å². The van der Waals surface area contributed by atoms with Gasteiger partial charge in [0.25, 0.3) is 0 Å². The van der Waals surface area contributed by atoms with Gasteiger partial charge in [-0.3, -0.25) is 0 Å². The molecule has 0 aliphatic heterocycles. The molecule has 2 aromatic carbocycles. The van der Waals surface area contributed by atoms with Crippen molar-refractivity contribution in [3.63, 3.8) is 0 Å². The van der Waals surface area contributed by atoms with E-state index in [9.17, 15) is 4.79 Å². The number of ether oxygens (including phenoxy) is 1. The standard InChI is InChI=1S/C14H10O2S/c1-16-14(15)9-6-7-11-10-4-2-3-5-12(10)17-13(11)8-9/h2-8H,1H3. The predicted octanol–water partition coefficient (Wildman–Crippen LogP) is 3.84. The molecular formula is C14H10O2S. The zero-order valence-corrected chi connectivity index (χ0v) is 10.1. The molecule has 0 spiro atoms. The highest BCUT2D eigenvalue weighted by atomic mass is 32.1. The van der Waals surface area contributed by atoms with E-state index in [4.69, 9.17) is 4.74 Å². The van der Waals surface area contributed by atoms with Crippen molar-refractivity contribution in [3.8, 4) is 0 Å².